The summed E-state index contributed by atoms with van der Waals surface area (Å²) >= 11 is 1.84. The lowest BCUT2D eigenvalue weighted by Gasteiger charge is -2.29. The van der Waals surface area contributed by atoms with E-state index >= 15 is 0 Å². The molecule has 0 radical (unpaired) electrons. The second-order valence-electron chi connectivity index (χ2n) is 6.91. The number of amides is 1. The molecule has 3 aromatic carbocycles. The van der Waals surface area contributed by atoms with E-state index < -0.39 is 0 Å². The summed E-state index contributed by atoms with van der Waals surface area (Å²) in [4.78, 5) is 14.8. The second kappa shape index (κ2) is 8.21. The van der Waals surface area contributed by atoms with Gasteiger partial charge in [0.15, 0.2) is 0 Å². The number of carbonyl (C=O) groups excluding carboxylic acids is 1. The molecule has 0 saturated heterocycles. The quantitative estimate of drug-likeness (QED) is 0.534. The third kappa shape index (κ3) is 3.46. The third-order valence-electron chi connectivity index (χ3n) is 5.08. The van der Waals surface area contributed by atoms with Crippen molar-refractivity contribution >= 4 is 23.4 Å². The molecule has 0 fully saturated rings. The minimum Gasteiger partial charge on any atom is -0.272 e. The Morgan fingerprint density at radius 1 is 0.929 bits per heavy atom. The molecule has 0 N–H and O–H groups in total. The number of fused-ring (bicyclic) bond motifs is 1. The summed E-state index contributed by atoms with van der Waals surface area (Å²) in [6, 6.07) is 26.6. The van der Waals surface area contributed by atoms with Gasteiger partial charge in [-0.25, -0.2) is 10.0 Å². The van der Waals surface area contributed by atoms with Crippen LogP contribution in [0.25, 0.3) is 0 Å². The van der Waals surface area contributed by atoms with Crippen molar-refractivity contribution in [3.63, 3.8) is 0 Å². The van der Waals surface area contributed by atoms with E-state index in [9.17, 15) is 4.79 Å². The monoisotopic (exact) mass is 388 g/mol. The van der Waals surface area contributed by atoms with Gasteiger partial charge in [0.05, 0.1) is 11.6 Å². The zero-order valence-corrected chi connectivity index (χ0v) is 17.0. The molecule has 4 rings (SSSR count). The average molecular weight is 389 g/mol. The summed E-state index contributed by atoms with van der Waals surface area (Å²) < 4.78 is 0. The highest BCUT2D eigenvalue weighted by Gasteiger charge is 2.40. The highest BCUT2D eigenvalue weighted by molar-refractivity contribution is 7.99. The third-order valence-corrected chi connectivity index (χ3v) is 6.08. The van der Waals surface area contributed by atoms with E-state index in [0.29, 0.717) is 6.54 Å². The van der Waals surface area contributed by atoms with Crippen molar-refractivity contribution in [2.24, 2.45) is 0 Å². The number of anilines is 1. The molecule has 1 amide bonds. The Balaban J connectivity index is 1.67. The maximum absolute atomic E-state index is 13.5. The number of hydrazine groups is 1. The van der Waals surface area contributed by atoms with E-state index in [0.717, 1.165) is 22.6 Å². The van der Waals surface area contributed by atoms with Gasteiger partial charge < -0.3 is 0 Å². The first-order valence-electron chi connectivity index (χ1n) is 9.60. The smallest absolute Gasteiger partial charge is 0.253 e. The predicted octanol–water partition coefficient (Wildman–Crippen LogP) is 5.32. The van der Waals surface area contributed by atoms with E-state index in [1.54, 1.807) is 0 Å². The minimum atomic E-state index is -0.250. The summed E-state index contributed by atoms with van der Waals surface area (Å²) in [6.45, 7) is 2.85. The molecule has 142 valence electrons. The van der Waals surface area contributed by atoms with Crippen LogP contribution < -0.4 is 5.01 Å². The molecular formula is C24H24N2OS. The first kappa shape index (κ1) is 18.8. The number of carbonyl (C=O) groups is 1. The molecule has 1 aliphatic rings. The van der Waals surface area contributed by atoms with Crippen molar-refractivity contribution in [2.75, 3.05) is 17.8 Å². The Kier molecular flexibility index (Phi) is 5.51. The molecule has 1 unspecified atom stereocenters. The van der Waals surface area contributed by atoms with Gasteiger partial charge in [0.1, 0.15) is 0 Å². The molecule has 0 aromatic heterocycles. The van der Waals surface area contributed by atoms with Crippen molar-refractivity contribution < 1.29 is 4.79 Å². The van der Waals surface area contributed by atoms with Gasteiger partial charge in [-0.1, -0.05) is 73.7 Å². The van der Waals surface area contributed by atoms with E-state index in [1.807, 2.05) is 77.4 Å². The summed E-state index contributed by atoms with van der Waals surface area (Å²) in [5, 5.41) is 3.89. The normalized spacial score (nSPS) is 15.9. The lowest BCUT2D eigenvalue weighted by Crippen LogP contribution is -2.42. The largest absolute Gasteiger partial charge is 0.272 e. The molecule has 0 aliphatic carbocycles. The Hall–Kier alpha value is -2.56. The van der Waals surface area contributed by atoms with E-state index in [2.05, 4.69) is 37.3 Å². The molecule has 1 heterocycles. The molecule has 3 nitrogen and oxygen atoms in total. The number of hydrogen-bond donors (Lipinski definition) is 0. The zero-order valence-electron chi connectivity index (χ0n) is 16.2. The number of rotatable bonds is 6. The second-order valence-corrected chi connectivity index (χ2v) is 8.21. The van der Waals surface area contributed by atoms with Crippen LogP contribution in [0.4, 0.5) is 5.69 Å². The van der Waals surface area contributed by atoms with Crippen LogP contribution in [0.5, 0.6) is 0 Å². The van der Waals surface area contributed by atoms with Crippen LogP contribution in [0.3, 0.4) is 0 Å². The van der Waals surface area contributed by atoms with Gasteiger partial charge in [0, 0.05) is 18.5 Å². The van der Waals surface area contributed by atoms with Crippen molar-refractivity contribution in [2.45, 2.75) is 24.3 Å². The molecule has 4 heteroatoms. The predicted molar refractivity (Wildman–Crippen MR) is 117 cm³/mol. The van der Waals surface area contributed by atoms with Gasteiger partial charge >= 0.3 is 0 Å². The lowest BCUT2D eigenvalue weighted by molar-refractivity contribution is -0.121. The minimum absolute atomic E-state index is 0.107. The summed E-state index contributed by atoms with van der Waals surface area (Å²) in [7, 11) is 2.00. The van der Waals surface area contributed by atoms with Crippen molar-refractivity contribution in [1.82, 2.24) is 5.01 Å². The van der Waals surface area contributed by atoms with E-state index in [4.69, 9.17) is 0 Å². The molecule has 28 heavy (non-hydrogen) atoms. The van der Waals surface area contributed by atoms with E-state index in [1.165, 1.54) is 10.5 Å². The van der Waals surface area contributed by atoms with Gasteiger partial charge in [0.25, 0.3) is 5.91 Å². The van der Waals surface area contributed by atoms with Crippen molar-refractivity contribution in [3.05, 3.63) is 95.6 Å². The SMILES string of the molecule is CCSc1ccccc1CN(C)N1C(=O)C(c2ccccc2)c2ccccc21. The Morgan fingerprint density at radius 2 is 1.61 bits per heavy atom. The number of para-hydroxylation sites is 1. The molecule has 0 bridgehead atoms. The highest BCUT2D eigenvalue weighted by Crippen LogP contribution is 2.42. The molecule has 1 aliphatic heterocycles. The molecule has 0 saturated carbocycles. The van der Waals surface area contributed by atoms with Crippen LogP contribution in [0, 0.1) is 0 Å². The molecule has 0 spiro atoms. The first-order valence-corrected chi connectivity index (χ1v) is 10.6. The van der Waals surface area contributed by atoms with Crippen LogP contribution in [-0.4, -0.2) is 23.7 Å². The van der Waals surface area contributed by atoms with Gasteiger partial charge in [-0.2, -0.15) is 0 Å². The summed E-state index contributed by atoms with van der Waals surface area (Å²) in [5.74, 6) is 0.887. The maximum Gasteiger partial charge on any atom is 0.253 e. The van der Waals surface area contributed by atoms with Crippen LogP contribution in [0.1, 0.15) is 29.5 Å². The maximum atomic E-state index is 13.5. The number of hydrogen-bond acceptors (Lipinski definition) is 3. The molecular weight excluding hydrogens is 364 g/mol. The highest BCUT2D eigenvalue weighted by atomic mass is 32.2. The van der Waals surface area contributed by atoms with Crippen molar-refractivity contribution in [1.29, 1.82) is 0 Å². The average Bonchev–Trinajstić information content (AvgIpc) is 3.02. The fraction of sp³-hybridized carbons (Fsp3) is 0.208. The number of benzene rings is 3. The molecule has 3 aromatic rings. The zero-order chi connectivity index (χ0) is 19.5. The van der Waals surface area contributed by atoms with Gasteiger partial charge in [0.2, 0.25) is 0 Å². The topological polar surface area (TPSA) is 23.6 Å². The fourth-order valence-corrected chi connectivity index (χ4v) is 4.67. The number of thioether (sulfide) groups is 1. The number of nitrogens with zero attached hydrogens (tertiary/aromatic N) is 2. The Morgan fingerprint density at radius 3 is 2.39 bits per heavy atom. The first-order chi connectivity index (χ1) is 13.7. The standard InChI is InChI=1S/C24H24N2OS/c1-3-28-22-16-10-7-13-19(22)17-25(2)26-21-15-9-8-14-20(21)23(24(26)27)18-11-5-4-6-12-18/h4-16,23H,3,17H2,1-2H3. The van der Waals surface area contributed by atoms with Gasteiger partial charge in [-0.15, -0.1) is 11.8 Å². The lowest BCUT2D eigenvalue weighted by atomic mass is 9.93. The Labute approximate surface area is 171 Å². The molecule has 1 atom stereocenters. The van der Waals surface area contributed by atoms with Crippen LogP contribution in [0.15, 0.2) is 83.8 Å². The van der Waals surface area contributed by atoms with Crippen molar-refractivity contribution in [3.8, 4) is 0 Å². The van der Waals surface area contributed by atoms with Crippen LogP contribution >= 0.6 is 11.8 Å². The fourth-order valence-electron chi connectivity index (χ4n) is 3.87. The van der Waals surface area contributed by atoms with E-state index in [-0.39, 0.29) is 11.8 Å². The van der Waals surface area contributed by atoms with Crippen LogP contribution in [-0.2, 0) is 11.3 Å². The van der Waals surface area contributed by atoms with Gasteiger partial charge in [-0.3, -0.25) is 4.79 Å². The summed E-state index contributed by atoms with van der Waals surface area (Å²) in [5.41, 5.74) is 4.33. The summed E-state index contributed by atoms with van der Waals surface area (Å²) in [6.07, 6.45) is 0. The Bertz CT molecular complexity index is 973. The van der Waals surface area contributed by atoms with Gasteiger partial charge in [-0.05, 0) is 34.6 Å². The van der Waals surface area contributed by atoms with Crippen LogP contribution in [0.2, 0.25) is 0 Å².